The van der Waals surface area contributed by atoms with Crippen molar-refractivity contribution in [1.29, 1.82) is 0 Å². The Balaban J connectivity index is 2.31. The van der Waals surface area contributed by atoms with Crippen LogP contribution in [0.25, 0.3) is 0 Å². The summed E-state index contributed by atoms with van der Waals surface area (Å²) in [5.74, 6) is -0.459. The summed E-state index contributed by atoms with van der Waals surface area (Å²) >= 11 is 0. The highest BCUT2D eigenvalue weighted by Crippen LogP contribution is 2.40. The van der Waals surface area contributed by atoms with Crippen molar-refractivity contribution >= 4 is 0 Å². The molecule has 7 heteroatoms. The normalized spacial score (nSPS) is 18.6. The molecule has 1 aromatic carbocycles. The van der Waals surface area contributed by atoms with Gasteiger partial charge in [-0.3, -0.25) is 0 Å². The number of benzene rings is 1. The predicted molar refractivity (Wildman–Crippen MR) is 67.9 cm³/mol. The summed E-state index contributed by atoms with van der Waals surface area (Å²) in [5.41, 5.74) is 0.584. The van der Waals surface area contributed by atoms with Gasteiger partial charge >= 0.3 is 0 Å². The predicted octanol–water partition coefficient (Wildman–Crippen LogP) is 0.439. The van der Waals surface area contributed by atoms with Crippen LogP contribution in [0.5, 0.6) is 17.2 Å². The second-order valence-electron chi connectivity index (χ2n) is 4.39. The van der Waals surface area contributed by atoms with Gasteiger partial charge < -0.3 is 33.9 Å². The second kappa shape index (κ2) is 5.84. The zero-order valence-corrected chi connectivity index (χ0v) is 11.6. The molecule has 1 aliphatic rings. The molecule has 20 heavy (non-hydrogen) atoms. The summed E-state index contributed by atoms with van der Waals surface area (Å²) in [6.45, 7) is -0.510. The van der Waals surface area contributed by atoms with E-state index in [9.17, 15) is 10.2 Å². The highest BCUT2D eigenvalue weighted by molar-refractivity contribution is 5.51. The number of methoxy groups -OCH3 is 3. The third-order valence-corrected chi connectivity index (χ3v) is 2.92. The van der Waals surface area contributed by atoms with Gasteiger partial charge in [0.15, 0.2) is 17.8 Å². The van der Waals surface area contributed by atoms with Crippen LogP contribution in [0.2, 0.25) is 0 Å². The zero-order valence-electron chi connectivity index (χ0n) is 11.6. The van der Waals surface area contributed by atoms with Gasteiger partial charge in [0.1, 0.15) is 19.0 Å². The van der Waals surface area contributed by atoms with Crippen molar-refractivity contribution in [2.45, 2.75) is 12.1 Å². The lowest BCUT2D eigenvalue weighted by Gasteiger charge is -2.32. The van der Waals surface area contributed by atoms with E-state index >= 15 is 0 Å². The van der Waals surface area contributed by atoms with Crippen LogP contribution in [0.15, 0.2) is 12.1 Å². The van der Waals surface area contributed by atoms with Gasteiger partial charge in [-0.25, -0.2) is 0 Å². The van der Waals surface area contributed by atoms with Crippen molar-refractivity contribution in [2.24, 2.45) is 0 Å². The molecule has 0 bridgehead atoms. The Morgan fingerprint density at radius 1 is 0.950 bits per heavy atom. The summed E-state index contributed by atoms with van der Waals surface area (Å²) in [4.78, 5) is 0. The quantitative estimate of drug-likeness (QED) is 0.776. The smallest absolute Gasteiger partial charge is 0.211 e. The summed E-state index contributed by atoms with van der Waals surface area (Å²) < 4.78 is 26.3. The maximum Gasteiger partial charge on any atom is 0.211 e. The first-order valence-electron chi connectivity index (χ1n) is 5.98. The molecule has 1 fully saturated rings. The van der Waals surface area contributed by atoms with Crippen LogP contribution in [0, 0.1) is 0 Å². The molecule has 0 spiro atoms. The van der Waals surface area contributed by atoms with Crippen molar-refractivity contribution < 1.29 is 33.9 Å². The Kier molecular flexibility index (Phi) is 4.34. The average Bonchev–Trinajstić information content (AvgIpc) is 2.46. The van der Waals surface area contributed by atoms with Gasteiger partial charge in [-0.1, -0.05) is 0 Å². The molecule has 1 heterocycles. The maximum absolute atomic E-state index is 9.38. The van der Waals surface area contributed by atoms with E-state index < -0.39 is 12.1 Å². The number of aliphatic hydroxyl groups is 2. The number of ether oxygens (including phenoxy) is 5. The third kappa shape index (κ3) is 2.96. The van der Waals surface area contributed by atoms with Crippen LogP contribution in [-0.2, 0) is 9.47 Å². The largest absolute Gasteiger partial charge is 0.496 e. The van der Waals surface area contributed by atoms with E-state index in [0.717, 1.165) is 0 Å². The molecule has 0 saturated carbocycles. The Labute approximate surface area is 116 Å². The highest BCUT2D eigenvalue weighted by Gasteiger charge is 2.34. The standard InChI is InChI=1S/C13H18O7/c1-16-9-5-11(18-3)10(17-2)4-8(9)12-19-6-13(14,15)7-20-12/h4-5,12,14-15H,6-7H2,1-3H3. The van der Waals surface area contributed by atoms with Crippen molar-refractivity contribution in [3.8, 4) is 17.2 Å². The number of hydrogen-bond acceptors (Lipinski definition) is 7. The molecule has 1 aliphatic heterocycles. The van der Waals surface area contributed by atoms with E-state index in [-0.39, 0.29) is 13.2 Å². The van der Waals surface area contributed by atoms with Gasteiger partial charge in [-0.15, -0.1) is 0 Å². The first-order valence-corrected chi connectivity index (χ1v) is 5.98. The van der Waals surface area contributed by atoms with Gasteiger partial charge in [0, 0.05) is 6.07 Å². The summed E-state index contributed by atoms with van der Waals surface area (Å²) in [6, 6.07) is 3.32. The molecule has 1 aromatic rings. The molecule has 0 aromatic heterocycles. The van der Waals surface area contributed by atoms with Crippen LogP contribution in [0.3, 0.4) is 0 Å². The minimum atomic E-state index is -1.97. The van der Waals surface area contributed by atoms with E-state index in [2.05, 4.69) is 0 Å². The van der Waals surface area contributed by atoms with Crippen LogP contribution in [0.1, 0.15) is 11.9 Å². The second-order valence-corrected chi connectivity index (χ2v) is 4.39. The van der Waals surface area contributed by atoms with Crippen molar-refractivity contribution in [1.82, 2.24) is 0 Å². The fourth-order valence-corrected chi connectivity index (χ4v) is 1.92. The van der Waals surface area contributed by atoms with E-state index in [4.69, 9.17) is 23.7 Å². The van der Waals surface area contributed by atoms with Gasteiger partial charge in [-0.05, 0) is 6.07 Å². The lowest BCUT2D eigenvalue weighted by atomic mass is 10.1. The fourth-order valence-electron chi connectivity index (χ4n) is 1.92. The fraction of sp³-hybridized carbons (Fsp3) is 0.538. The van der Waals surface area contributed by atoms with Crippen LogP contribution in [0.4, 0.5) is 0 Å². The molecule has 112 valence electrons. The Bertz CT molecular complexity index is 462. The monoisotopic (exact) mass is 286 g/mol. The van der Waals surface area contributed by atoms with Crippen LogP contribution >= 0.6 is 0 Å². The molecular weight excluding hydrogens is 268 g/mol. The maximum atomic E-state index is 9.38. The van der Waals surface area contributed by atoms with Crippen molar-refractivity contribution in [3.05, 3.63) is 17.7 Å². The topological polar surface area (TPSA) is 86.6 Å². The Hall–Kier alpha value is -1.54. The summed E-state index contributed by atoms with van der Waals surface area (Å²) in [6.07, 6.45) is -0.766. The molecule has 0 radical (unpaired) electrons. The van der Waals surface area contributed by atoms with Gasteiger partial charge in [0.2, 0.25) is 5.79 Å². The van der Waals surface area contributed by atoms with E-state index in [1.165, 1.54) is 21.3 Å². The average molecular weight is 286 g/mol. The summed E-state index contributed by atoms with van der Waals surface area (Å²) in [7, 11) is 4.55. The SMILES string of the molecule is COc1cc(OC)c(C2OCC(O)(O)CO2)cc1OC. The third-order valence-electron chi connectivity index (χ3n) is 2.92. The molecule has 0 unspecified atom stereocenters. The minimum Gasteiger partial charge on any atom is -0.496 e. The highest BCUT2D eigenvalue weighted by atomic mass is 16.7. The van der Waals surface area contributed by atoms with Crippen LogP contribution in [-0.4, -0.2) is 50.5 Å². The Morgan fingerprint density at radius 2 is 1.45 bits per heavy atom. The first-order chi connectivity index (χ1) is 9.50. The Morgan fingerprint density at radius 3 is 1.95 bits per heavy atom. The molecule has 2 rings (SSSR count). The molecule has 2 N–H and O–H groups in total. The number of rotatable bonds is 4. The zero-order chi connectivity index (χ0) is 14.8. The molecule has 1 saturated heterocycles. The molecule has 0 amide bonds. The van der Waals surface area contributed by atoms with E-state index in [0.29, 0.717) is 22.8 Å². The molecule has 7 nitrogen and oxygen atoms in total. The van der Waals surface area contributed by atoms with Crippen molar-refractivity contribution in [2.75, 3.05) is 34.5 Å². The van der Waals surface area contributed by atoms with E-state index in [1.54, 1.807) is 12.1 Å². The molecule has 0 aliphatic carbocycles. The van der Waals surface area contributed by atoms with Gasteiger partial charge in [-0.2, -0.15) is 0 Å². The first kappa shape index (κ1) is 14.9. The molecular formula is C13H18O7. The van der Waals surface area contributed by atoms with Gasteiger partial charge in [0.05, 0.1) is 26.9 Å². The van der Waals surface area contributed by atoms with Crippen molar-refractivity contribution in [3.63, 3.8) is 0 Å². The summed E-state index contributed by atoms with van der Waals surface area (Å²) in [5, 5.41) is 18.8. The van der Waals surface area contributed by atoms with Crippen LogP contribution < -0.4 is 14.2 Å². The van der Waals surface area contributed by atoms with Gasteiger partial charge in [0.25, 0.3) is 0 Å². The molecule has 0 atom stereocenters. The lowest BCUT2D eigenvalue weighted by Crippen LogP contribution is -2.44. The minimum absolute atomic E-state index is 0.255. The van der Waals surface area contributed by atoms with E-state index in [1.807, 2.05) is 0 Å². The lowest BCUT2D eigenvalue weighted by molar-refractivity contribution is -0.323. The number of hydrogen-bond donors (Lipinski definition) is 2.